The Morgan fingerprint density at radius 3 is 2.65 bits per heavy atom. The number of aromatic amines is 1. The topological polar surface area (TPSA) is 88.5 Å². The third kappa shape index (κ3) is 2.55. The van der Waals surface area contributed by atoms with Gasteiger partial charge in [0, 0.05) is 5.56 Å². The number of fused-ring (bicyclic) bond motifs is 1. The fourth-order valence-corrected chi connectivity index (χ4v) is 2.30. The van der Waals surface area contributed by atoms with Crippen LogP contribution in [-0.4, -0.2) is 30.6 Å². The zero-order valence-corrected chi connectivity index (χ0v) is 12.0. The van der Waals surface area contributed by atoms with E-state index in [4.69, 9.17) is 0 Å². The number of aromatic nitrogens is 5. The van der Waals surface area contributed by atoms with Gasteiger partial charge in [-0.05, 0) is 36.4 Å². The number of nitrogens with zero attached hydrogens (tertiary/aromatic N) is 4. The largest absolute Gasteiger partial charge is 0.324 e. The maximum atomic E-state index is 12.3. The van der Waals surface area contributed by atoms with E-state index in [-0.39, 0.29) is 5.91 Å². The van der Waals surface area contributed by atoms with E-state index in [2.05, 4.69) is 25.4 Å². The van der Waals surface area contributed by atoms with Gasteiger partial charge < -0.3 is 4.98 Å². The Bertz CT molecular complexity index is 923. The van der Waals surface area contributed by atoms with Gasteiger partial charge in [0.2, 0.25) is 5.95 Å². The number of H-pyrrole nitrogens is 1. The molecule has 0 saturated carbocycles. The van der Waals surface area contributed by atoms with Crippen LogP contribution < -0.4 is 5.32 Å². The SMILES string of the molecule is O=C(Nc1nc2ccccc2[nH]1)c1ccc(-n2cncn2)cc1. The summed E-state index contributed by atoms with van der Waals surface area (Å²) in [7, 11) is 0. The quantitative estimate of drug-likeness (QED) is 0.608. The van der Waals surface area contributed by atoms with Crippen molar-refractivity contribution in [2.45, 2.75) is 0 Å². The van der Waals surface area contributed by atoms with Crippen molar-refractivity contribution in [1.82, 2.24) is 24.7 Å². The van der Waals surface area contributed by atoms with Crippen LogP contribution >= 0.6 is 0 Å². The van der Waals surface area contributed by atoms with E-state index in [0.717, 1.165) is 16.7 Å². The number of benzene rings is 2. The predicted molar refractivity (Wildman–Crippen MR) is 85.4 cm³/mol. The number of rotatable bonds is 3. The molecule has 23 heavy (non-hydrogen) atoms. The van der Waals surface area contributed by atoms with Crippen LogP contribution in [-0.2, 0) is 0 Å². The highest BCUT2D eigenvalue weighted by atomic mass is 16.1. The summed E-state index contributed by atoms with van der Waals surface area (Å²) in [6.45, 7) is 0. The van der Waals surface area contributed by atoms with E-state index < -0.39 is 0 Å². The van der Waals surface area contributed by atoms with E-state index in [1.165, 1.54) is 6.33 Å². The highest BCUT2D eigenvalue weighted by molar-refractivity contribution is 6.04. The third-order valence-corrected chi connectivity index (χ3v) is 3.43. The van der Waals surface area contributed by atoms with Gasteiger partial charge >= 0.3 is 0 Å². The maximum Gasteiger partial charge on any atom is 0.257 e. The van der Waals surface area contributed by atoms with Crippen molar-refractivity contribution in [3.63, 3.8) is 0 Å². The molecule has 0 saturated heterocycles. The summed E-state index contributed by atoms with van der Waals surface area (Å²) in [6, 6.07) is 14.7. The average Bonchev–Trinajstić information content (AvgIpc) is 3.24. The van der Waals surface area contributed by atoms with Crippen molar-refractivity contribution in [2.24, 2.45) is 0 Å². The Morgan fingerprint density at radius 2 is 1.91 bits per heavy atom. The second-order valence-corrected chi connectivity index (χ2v) is 4.94. The Kier molecular flexibility index (Phi) is 3.09. The monoisotopic (exact) mass is 304 g/mol. The van der Waals surface area contributed by atoms with E-state index in [9.17, 15) is 4.79 Å². The second kappa shape index (κ2) is 5.38. The summed E-state index contributed by atoms with van der Waals surface area (Å²) in [5.41, 5.74) is 3.06. The Hall–Kier alpha value is -3.48. The molecule has 112 valence electrons. The molecule has 0 fully saturated rings. The van der Waals surface area contributed by atoms with Crippen molar-refractivity contribution < 1.29 is 4.79 Å². The maximum absolute atomic E-state index is 12.3. The van der Waals surface area contributed by atoms with Gasteiger partial charge in [-0.1, -0.05) is 12.1 Å². The number of para-hydroxylation sites is 2. The summed E-state index contributed by atoms with van der Waals surface area (Å²) < 4.78 is 1.63. The number of anilines is 1. The molecule has 0 bridgehead atoms. The smallest absolute Gasteiger partial charge is 0.257 e. The molecule has 0 atom stereocenters. The minimum absolute atomic E-state index is 0.228. The molecule has 2 N–H and O–H groups in total. The molecule has 2 aromatic heterocycles. The highest BCUT2D eigenvalue weighted by Crippen LogP contribution is 2.15. The molecule has 0 aliphatic rings. The molecule has 0 spiro atoms. The number of hydrogen-bond donors (Lipinski definition) is 2. The lowest BCUT2D eigenvalue weighted by atomic mass is 10.2. The van der Waals surface area contributed by atoms with Crippen LogP contribution in [0.1, 0.15) is 10.4 Å². The number of amides is 1. The lowest BCUT2D eigenvalue weighted by molar-refractivity contribution is 0.102. The van der Waals surface area contributed by atoms with Crippen molar-refractivity contribution in [3.05, 3.63) is 66.7 Å². The van der Waals surface area contributed by atoms with Crippen molar-refractivity contribution in [3.8, 4) is 5.69 Å². The highest BCUT2D eigenvalue weighted by Gasteiger charge is 2.09. The zero-order valence-electron chi connectivity index (χ0n) is 12.0. The summed E-state index contributed by atoms with van der Waals surface area (Å²) in [6.07, 6.45) is 3.06. The van der Waals surface area contributed by atoms with Crippen LogP contribution in [0.4, 0.5) is 5.95 Å². The Morgan fingerprint density at radius 1 is 1.09 bits per heavy atom. The first-order valence-corrected chi connectivity index (χ1v) is 7.01. The summed E-state index contributed by atoms with van der Waals surface area (Å²) in [5, 5.41) is 6.80. The first-order chi connectivity index (χ1) is 11.3. The predicted octanol–water partition coefficient (Wildman–Crippen LogP) is 2.40. The number of carbonyl (C=O) groups is 1. The van der Waals surface area contributed by atoms with Crippen molar-refractivity contribution in [2.75, 3.05) is 5.32 Å². The van der Waals surface area contributed by atoms with Crippen molar-refractivity contribution >= 4 is 22.9 Å². The molecule has 7 heteroatoms. The first kappa shape index (κ1) is 13.2. The van der Waals surface area contributed by atoms with E-state index in [0.29, 0.717) is 11.5 Å². The number of nitrogens with one attached hydrogen (secondary N) is 2. The van der Waals surface area contributed by atoms with E-state index in [1.807, 2.05) is 36.4 Å². The van der Waals surface area contributed by atoms with Crippen LogP contribution in [0.2, 0.25) is 0 Å². The molecular formula is C16H12N6O. The van der Waals surface area contributed by atoms with Crippen LogP contribution in [0.25, 0.3) is 16.7 Å². The van der Waals surface area contributed by atoms with Crippen LogP contribution in [0, 0.1) is 0 Å². The molecule has 2 aromatic carbocycles. The lowest BCUT2D eigenvalue weighted by Crippen LogP contribution is -2.13. The molecule has 7 nitrogen and oxygen atoms in total. The Labute approximate surface area is 131 Å². The van der Waals surface area contributed by atoms with E-state index in [1.54, 1.807) is 23.1 Å². The van der Waals surface area contributed by atoms with Crippen molar-refractivity contribution in [1.29, 1.82) is 0 Å². The van der Waals surface area contributed by atoms with Gasteiger partial charge in [0.15, 0.2) is 0 Å². The molecule has 0 unspecified atom stereocenters. The zero-order chi connectivity index (χ0) is 15.6. The molecule has 1 amide bonds. The average molecular weight is 304 g/mol. The second-order valence-electron chi connectivity index (χ2n) is 4.94. The van der Waals surface area contributed by atoms with Crippen LogP contribution in [0.3, 0.4) is 0 Å². The van der Waals surface area contributed by atoms with Gasteiger partial charge in [0.05, 0.1) is 16.7 Å². The van der Waals surface area contributed by atoms with Crippen LogP contribution in [0.5, 0.6) is 0 Å². The van der Waals surface area contributed by atoms with Gasteiger partial charge in [-0.25, -0.2) is 14.6 Å². The number of carbonyl (C=O) groups excluding carboxylic acids is 1. The number of imidazole rings is 1. The minimum atomic E-state index is -0.228. The standard InChI is InChI=1S/C16H12N6O/c23-15(21-16-19-13-3-1-2-4-14(13)20-16)11-5-7-12(8-6-11)22-10-17-9-18-22/h1-10H,(H2,19,20,21,23). The first-order valence-electron chi connectivity index (χ1n) is 7.01. The summed E-state index contributed by atoms with van der Waals surface area (Å²) in [5.74, 6) is 0.200. The fraction of sp³-hybridized carbons (Fsp3) is 0. The van der Waals surface area contributed by atoms with Gasteiger partial charge in [-0.2, -0.15) is 5.10 Å². The van der Waals surface area contributed by atoms with Gasteiger partial charge in [0.25, 0.3) is 5.91 Å². The van der Waals surface area contributed by atoms with Gasteiger partial charge in [-0.15, -0.1) is 0 Å². The van der Waals surface area contributed by atoms with Gasteiger partial charge in [-0.3, -0.25) is 10.1 Å². The molecule has 0 aliphatic carbocycles. The number of hydrogen-bond acceptors (Lipinski definition) is 4. The van der Waals surface area contributed by atoms with Crippen LogP contribution in [0.15, 0.2) is 61.2 Å². The lowest BCUT2D eigenvalue weighted by Gasteiger charge is -2.04. The summed E-state index contributed by atoms with van der Waals surface area (Å²) >= 11 is 0. The summed E-state index contributed by atoms with van der Waals surface area (Å²) in [4.78, 5) is 23.6. The molecule has 0 radical (unpaired) electrons. The Balaban J connectivity index is 1.54. The molecular weight excluding hydrogens is 292 g/mol. The fourth-order valence-electron chi connectivity index (χ4n) is 2.30. The van der Waals surface area contributed by atoms with Gasteiger partial charge in [0.1, 0.15) is 12.7 Å². The normalized spacial score (nSPS) is 10.8. The molecule has 4 aromatic rings. The molecule has 4 rings (SSSR count). The van der Waals surface area contributed by atoms with E-state index >= 15 is 0 Å². The molecule has 0 aliphatic heterocycles. The minimum Gasteiger partial charge on any atom is -0.324 e. The third-order valence-electron chi connectivity index (χ3n) is 3.43. The molecule has 2 heterocycles.